The van der Waals surface area contributed by atoms with Gasteiger partial charge in [-0.2, -0.15) is 0 Å². The van der Waals surface area contributed by atoms with Crippen molar-refractivity contribution in [3.8, 4) is 0 Å². The molecule has 0 spiro atoms. The lowest BCUT2D eigenvalue weighted by Crippen LogP contribution is -2.14. The van der Waals surface area contributed by atoms with Crippen molar-refractivity contribution in [1.82, 2.24) is 0 Å². The zero-order valence-electron chi connectivity index (χ0n) is 12.4. The number of rotatable bonds is 5. The van der Waals surface area contributed by atoms with Crippen molar-refractivity contribution < 1.29 is 14.3 Å². The van der Waals surface area contributed by atoms with Gasteiger partial charge in [0.15, 0.2) is 5.78 Å². The second kappa shape index (κ2) is 7.27. The zero-order chi connectivity index (χ0) is 14.4. The van der Waals surface area contributed by atoms with E-state index in [4.69, 9.17) is 4.74 Å². The Hall–Kier alpha value is -1.38. The Labute approximate surface area is 115 Å². The minimum Gasteiger partial charge on any atom is -0.466 e. The van der Waals surface area contributed by atoms with Gasteiger partial charge in [0.1, 0.15) is 0 Å². The lowest BCUT2D eigenvalue weighted by Gasteiger charge is -2.21. The maximum atomic E-state index is 11.8. The van der Waals surface area contributed by atoms with E-state index in [1.54, 1.807) is 6.08 Å². The van der Waals surface area contributed by atoms with Gasteiger partial charge in [0.25, 0.3) is 0 Å². The van der Waals surface area contributed by atoms with Crippen LogP contribution in [0.15, 0.2) is 23.3 Å². The van der Waals surface area contributed by atoms with Gasteiger partial charge in [-0.05, 0) is 44.1 Å². The molecule has 0 N–H and O–H groups in total. The van der Waals surface area contributed by atoms with Crippen molar-refractivity contribution >= 4 is 11.8 Å². The third-order valence-electron chi connectivity index (χ3n) is 3.50. The van der Waals surface area contributed by atoms with Gasteiger partial charge >= 0.3 is 5.97 Å². The molecule has 1 aliphatic rings. The predicted octanol–water partition coefficient (Wildman–Crippen LogP) is 3.45. The van der Waals surface area contributed by atoms with Crippen molar-refractivity contribution in [3.05, 3.63) is 23.3 Å². The van der Waals surface area contributed by atoms with Gasteiger partial charge in [-0.3, -0.25) is 4.79 Å². The highest BCUT2D eigenvalue weighted by molar-refractivity contribution is 5.90. The molecule has 0 fully saturated rings. The fourth-order valence-corrected chi connectivity index (χ4v) is 2.40. The first-order chi connectivity index (χ1) is 8.93. The number of ether oxygens (including phenoxy) is 1. The van der Waals surface area contributed by atoms with Gasteiger partial charge in [0.2, 0.25) is 0 Å². The number of hydrogen-bond acceptors (Lipinski definition) is 3. The summed E-state index contributed by atoms with van der Waals surface area (Å²) < 4.78 is 4.72. The van der Waals surface area contributed by atoms with Crippen molar-refractivity contribution in [3.63, 3.8) is 0 Å². The van der Waals surface area contributed by atoms with Crippen LogP contribution in [-0.4, -0.2) is 18.9 Å². The van der Waals surface area contributed by atoms with Crippen LogP contribution in [-0.2, 0) is 14.3 Å². The summed E-state index contributed by atoms with van der Waals surface area (Å²) in [5, 5.41) is 0. The molecule has 0 amide bonds. The molecular weight excluding hydrogens is 240 g/mol. The summed E-state index contributed by atoms with van der Waals surface area (Å²) in [5.41, 5.74) is 1.89. The Balaban J connectivity index is 2.59. The number of methoxy groups -OCH3 is 1. The monoisotopic (exact) mass is 264 g/mol. The molecule has 1 atom stereocenters. The van der Waals surface area contributed by atoms with Crippen LogP contribution in [0.2, 0.25) is 0 Å². The van der Waals surface area contributed by atoms with Crippen LogP contribution in [0.1, 0.15) is 46.5 Å². The predicted molar refractivity (Wildman–Crippen MR) is 75.7 cm³/mol. The minimum atomic E-state index is -0.226. The van der Waals surface area contributed by atoms with E-state index in [0.29, 0.717) is 18.3 Å². The summed E-state index contributed by atoms with van der Waals surface area (Å²) in [6, 6.07) is 0. The van der Waals surface area contributed by atoms with E-state index in [-0.39, 0.29) is 11.8 Å². The molecule has 0 unspecified atom stereocenters. The quantitative estimate of drug-likeness (QED) is 0.564. The topological polar surface area (TPSA) is 43.4 Å². The van der Waals surface area contributed by atoms with Gasteiger partial charge in [0, 0.05) is 12.0 Å². The summed E-state index contributed by atoms with van der Waals surface area (Å²) >= 11 is 0. The minimum absolute atomic E-state index is 0.204. The van der Waals surface area contributed by atoms with Gasteiger partial charge in [-0.25, -0.2) is 4.79 Å². The van der Waals surface area contributed by atoms with Crippen LogP contribution in [0, 0.1) is 11.8 Å². The molecule has 0 aliphatic heterocycles. The summed E-state index contributed by atoms with van der Waals surface area (Å²) in [6.07, 6.45) is 6.81. The van der Waals surface area contributed by atoms with Crippen molar-refractivity contribution in [2.45, 2.75) is 46.5 Å². The van der Waals surface area contributed by atoms with E-state index in [2.05, 4.69) is 0 Å². The van der Waals surface area contributed by atoms with Crippen LogP contribution in [0.3, 0.4) is 0 Å². The Morgan fingerprint density at radius 1 is 1.47 bits per heavy atom. The molecule has 0 radical (unpaired) electrons. The van der Waals surface area contributed by atoms with Crippen molar-refractivity contribution in [2.24, 2.45) is 11.8 Å². The summed E-state index contributed by atoms with van der Waals surface area (Å²) in [4.78, 5) is 23.1. The van der Waals surface area contributed by atoms with E-state index >= 15 is 0 Å². The van der Waals surface area contributed by atoms with Crippen LogP contribution in [0.5, 0.6) is 0 Å². The van der Waals surface area contributed by atoms with E-state index in [1.165, 1.54) is 7.11 Å². The normalized spacial score (nSPS) is 20.2. The van der Waals surface area contributed by atoms with Crippen LogP contribution in [0.25, 0.3) is 0 Å². The lowest BCUT2D eigenvalue weighted by molar-refractivity contribution is -0.136. The summed E-state index contributed by atoms with van der Waals surface area (Å²) in [7, 11) is 1.41. The largest absolute Gasteiger partial charge is 0.466 e. The Morgan fingerprint density at radius 2 is 2.16 bits per heavy atom. The van der Waals surface area contributed by atoms with Gasteiger partial charge < -0.3 is 4.74 Å². The maximum absolute atomic E-state index is 11.8. The fraction of sp³-hybridized carbons (Fsp3) is 0.625. The first-order valence-corrected chi connectivity index (χ1v) is 6.92. The average molecular weight is 264 g/mol. The Morgan fingerprint density at radius 3 is 2.63 bits per heavy atom. The number of hydrogen-bond donors (Lipinski definition) is 0. The maximum Gasteiger partial charge on any atom is 0.333 e. The Bertz CT molecular complexity index is 402. The molecule has 0 bridgehead atoms. The number of ketones is 1. The zero-order valence-corrected chi connectivity index (χ0v) is 12.4. The van der Waals surface area contributed by atoms with Gasteiger partial charge in [-0.1, -0.05) is 25.5 Å². The van der Waals surface area contributed by atoms with E-state index in [0.717, 1.165) is 30.4 Å². The van der Waals surface area contributed by atoms with Crippen LogP contribution < -0.4 is 0 Å². The average Bonchev–Trinajstić information content (AvgIpc) is 2.36. The van der Waals surface area contributed by atoms with E-state index in [1.807, 2.05) is 26.8 Å². The smallest absolute Gasteiger partial charge is 0.333 e. The highest BCUT2D eigenvalue weighted by Gasteiger charge is 2.20. The molecule has 0 aromatic rings. The van der Waals surface area contributed by atoms with E-state index < -0.39 is 0 Å². The van der Waals surface area contributed by atoms with Gasteiger partial charge in [-0.15, -0.1) is 0 Å². The summed E-state index contributed by atoms with van der Waals surface area (Å²) in [6.45, 7) is 6.11. The molecule has 3 nitrogen and oxygen atoms in total. The number of carbonyl (C=O) groups is 2. The molecule has 0 saturated carbocycles. The molecule has 0 aromatic carbocycles. The fourth-order valence-electron chi connectivity index (χ4n) is 2.40. The molecule has 0 saturated heterocycles. The number of carbonyl (C=O) groups excluding carboxylic acids is 2. The van der Waals surface area contributed by atoms with Crippen LogP contribution >= 0.6 is 0 Å². The second-order valence-electron chi connectivity index (χ2n) is 5.64. The molecule has 0 heterocycles. The molecule has 1 aliphatic carbocycles. The molecule has 0 aromatic heterocycles. The lowest BCUT2D eigenvalue weighted by atomic mass is 9.84. The highest BCUT2D eigenvalue weighted by Crippen LogP contribution is 2.29. The second-order valence-corrected chi connectivity index (χ2v) is 5.64. The molecular formula is C16H24O3. The highest BCUT2D eigenvalue weighted by atomic mass is 16.5. The number of esters is 1. The molecule has 106 valence electrons. The standard InChI is InChI=1S/C16H24O3/c1-11(2)9-15(17)10-12(3)13-5-7-14(8-6-13)16(18)19-4/h7,10-11,13H,5-6,8-9H2,1-4H3/b12-10+/t13-/m0/s1. The SMILES string of the molecule is COC(=O)C1=CC[C@H](/C(C)=C/C(=O)CC(C)C)CC1. The first kappa shape index (κ1) is 15.7. The van der Waals surface area contributed by atoms with Crippen LogP contribution in [0.4, 0.5) is 0 Å². The molecule has 1 rings (SSSR count). The summed E-state index contributed by atoms with van der Waals surface area (Å²) in [5.74, 6) is 0.754. The number of allylic oxidation sites excluding steroid dienone is 3. The molecule has 19 heavy (non-hydrogen) atoms. The van der Waals surface area contributed by atoms with Gasteiger partial charge in [0.05, 0.1) is 7.11 Å². The van der Waals surface area contributed by atoms with E-state index in [9.17, 15) is 9.59 Å². The first-order valence-electron chi connectivity index (χ1n) is 6.92. The van der Waals surface area contributed by atoms with Crippen molar-refractivity contribution in [2.75, 3.05) is 7.11 Å². The third-order valence-corrected chi connectivity index (χ3v) is 3.50. The molecule has 3 heteroatoms. The third kappa shape index (κ3) is 5.01. The Kier molecular flexibility index (Phi) is 6.00. The van der Waals surface area contributed by atoms with Crippen molar-refractivity contribution in [1.29, 1.82) is 0 Å².